The summed E-state index contributed by atoms with van der Waals surface area (Å²) >= 11 is 6.15. The Morgan fingerprint density at radius 2 is 2.18 bits per heavy atom. The topological polar surface area (TPSA) is 118 Å². The smallest absolute Gasteiger partial charge is 0.408 e. The van der Waals surface area contributed by atoms with Gasteiger partial charge in [-0.15, -0.1) is 0 Å². The maximum absolute atomic E-state index is 13.1. The number of benzene rings is 1. The molecule has 1 amide bonds. The van der Waals surface area contributed by atoms with Crippen LogP contribution in [0.5, 0.6) is 0 Å². The second kappa shape index (κ2) is 8.85. The molecule has 0 unspecified atom stereocenters. The second-order valence-corrected chi connectivity index (χ2v) is 7.06. The molecule has 12 heteroatoms. The molecule has 0 aliphatic carbocycles. The molecule has 9 nitrogen and oxygen atoms in total. The van der Waals surface area contributed by atoms with Crippen LogP contribution in [0.2, 0.25) is 5.02 Å². The zero-order chi connectivity index (χ0) is 20.9. The maximum Gasteiger partial charge on any atom is 0.408 e. The number of azide groups is 1. The minimum absolute atomic E-state index is 0.127. The normalized spacial score (nSPS) is 12.4. The number of nitrogens with one attached hydrogen (secondary N) is 1. The molecule has 2 aromatic rings. The Labute approximate surface area is 164 Å². The van der Waals surface area contributed by atoms with Crippen LogP contribution < -0.4 is 5.32 Å². The molecule has 0 bridgehead atoms. The van der Waals surface area contributed by atoms with E-state index in [1.807, 2.05) is 0 Å². The first-order valence-electron chi connectivity index (χ1n) is 8.10. The minimum Gasteiger partial charge on any atom is -0.444 e. The molecule has 2 rings (SSSR count). The van der Waals surface area contributed by atoms with E-state index in [4.69, 9.17) is 21.9 Å². The summed E-state index contributed by atoms with van der Waals surface area (Å²) in [5.74, 6) is -0.137. The predicted octanol–water partition coefficient (Wildman–Crippen LogP) is 4.87. The molecule has 0 fully saturated rings. The van der Waals surface area contributed by atoms with Gasteiger partial charge in [0.25, 0.3) is 0 Å². The van der Waals surface area contributed by atoms with Crippen LogP contribution in [-0.4, -0.2) is 33.0 Å². The lowest BCUT2D eigenvalue weighted by molar-refractivity contribution is 0.0505. The molecule has 1 aromatic carbocycles. The number of aromatic nitrogens is 3. The van der Waals surface area contributed by atoms with Gasteiger partial charge < -0.3 is 10.1 Å². The number of ether oxygens (including phenoxy) is 1. The average Bonchev–Trinajstić information content (AvgIpc) is 3.07. The Hall–Kier alpha value is -2.91. The number of carbonyl (C=O) groups is 1. The van der Waals surface area contributed by atoms with E-state index >= 15 is 0 Å². The van der Waals surface area contributed by atoms with E-state index in [-0.39, 0.29) is 23.0 Å². The Morgan fingerprint density at radius 1 is 1.46 bits per heavy atom. The zero-order valence-electron chi connectivity index (χ0n) is 15.3. The zero-order valence-corrected chi connectivity index (χ0v) is 16.1. The summed E-state index contributed by atoms with van der Waals surface area (Å²) < 4.78 is 31.9. The highest BCUT2D eigenvalue weighted by Crippen LogP contribution is 2.31. The molecular weight excluding hydrogens is 396 g/mol. The molecule has 1 heterocycles. The fourth-order valence-electron chi connectivity index (χ4n) is 2.32. The number of hydrogen-bond donors (Lipinski definition) is 1. The molecule has 0 aliphatic heterocycles. The quantitative estimate of drug-likeness (QED) is 0.412. The van der Waals surface area contributed by atoms with Gasteiger partial charge in [0.2, 0.25) is 0 Å². The molecule has 0 radical (unpaired) electrons. The van der Waals surface area contributed by atoms with Crippen LogP contribution >= 0.6 is 11.6 Å². The summed E-state index contributed by atoms with van der Waals surface area (Å²) in [4.78, 5) is 18.6. The van der Waals surface area contributed by atoms with Gasteiger partial charge in [0.05, 0.1) is 17.6 Å². The second-order valence-electron chi connectivity index (χ2n) is 6.66. The molecule has 28 heavy (non-hydrogen) atoms. The van der Waals surface area contributed by atoms with E-state index in [0.29, 0.717) is 10.2 Å². The number of nitrogens with zero attached hydrogens (tertiary/aromatic N) is 6. The largest absolute Gasteiger partial charge is 0.444 e. The van der Waals surface area contributed by atoms with Crippen molar-refractivity contribution in [3.05, 3.63) is 45.6 Å². The number of alkyl halides is 2. The molecule has 0 spiro atoms. The Kier molecular flexibility index (Phi) is 6.76. The number of rotatable bonds is 6. The van der Waals surface area contributed by atoms with Crippen LogP contribution in [0.25, 0.3) is 21.8 Å². The third-order valence-corrected chi connectivity index (χ3v) is 3.74. The lowest BCUT2D eigenvalue weighted by atomic mass is 10.0. The van der Waals surface area contributed by atoms with Crippen LogP contribution in [-0.2, 0) is 4.74 Å². The Bertz CT molecular complexity index is 891. The van der Waals surface area contributed by atoms with Crippen molar-refractivity contribution in [1.82, 2.24) is 20.1 Å². The highest BCUT2D eigenvalue weighted by Gasteiger charge is 2.23. The van der Waals surface area contributed by atoms with Crippen molar-refractivity contribution in [2.75, 3.05) is 6.54 Å². The van der Waals surface area contributed by atoms with E-state index in [9.17, 15) is 13.6 Å². The lowest BCUT2D eigenvalue weighted by Gasteiger charge is -2.23. The average molecular weight is 414 g/mol. The first-order chi connectivity index (χ1) is 13.1. The fraction of sp³-hybridized carbons (Fsp3) is 0.438. The molecule has 1 aromatic heterocycles. The van der Waals surface area contributed by atoms with E-state index in [1.165, 1.54) is 12.1 Å². The van der Waals surface area contributed by atoms with Crippen molar-refractivity contribution in [3.8, 4) is 11.4 Å². The molecule has 1 atom stereocenters. The van der Waals surface area contributed by atoms with Gasteiger partial charge in [-0.25, -0.2) is 9.78 Å². The van der Waals surface area contributed by atoms with Gasteiger partial charge in [-0.3, -0.25) is 0 Å². The summed E-state index contributed by atoms with van der Waals surface area (Å²) in [5, 5.41) is 9.73. The van der Waals surface area contributed by atoms with Crippen molar-refractivity contribution in [2.24, 2.45) is 5.11 Å². The Morgan fingerprint density at radius 3 is 2.79 bits per heavy atom. The number of amides is 1. The summed E-state index contributed by atoms with van der Waals surface area (Å²) in [7, 11) is 0. The molecule has 1 N–H and O–H groups in total. The predicted molar refractivity (Wildman–Crippen MR) is 97.8 cm³/mol. The summed E-state index contributed by atoms with van der Waals surface area (Å²) in [6.07, 6.45) is 0.263. The van der Waals surface area contributed by atoms with Crippen LogP contribution in [0, 0.1) is 0 Å². The number of halogens is 3. The third kappa shape index (κ3) is 5.54. The minimum atomic E-state index is -2.91. The van der Waals surface area contributed by atoms with Crippen molar-refractivity contribution in [2.45, 2.75) is 39.0 Å². The van der Waals surface area contributed by atoms with Crippen LogP contribution in [0.4, 0.5) is 13.6 Å². The molecule has 150 valence electrons. The monoisotopic (exact) mass is 413 g/mol. The highest BCUT2D eigenvalue weighted by molar-refractivity contribution is 6.33. The van der Waals surface area contributed by atoms with Gasteiger partial charge in [0.1, 0.15) is 11.9 Å². The Balaban J connectivity index is 2.40. The van der Waals surface area contributed by atoms with Gasteiger partial charge in [0.15, 0.2) is 5.82 Å². The highest BCUT2D eigenvalue weighted by atomic mass is 35.5. The molecule has 0 saturated carbocycles. The van der Waals surface area contributed by atoms with Crippen molar-refractivity contribution in [1.29, 1.82) is 0 Å². The van der Waals surface area contributed by atoms with E-state index < -0.39 is 24.3 Å². The van der Waals surface area contributed by atoms with Crippen molar-refractivity contribution in [3.63, 3.8) is 0 Å². The maximum atomic E-state index is 13.1. The number of alkyl carbamates (subject to hydrolysis) is 1. The lowest BCUT2D eigenvalue weighted by Crippen LogP contribution is -2.36. The SMILES string of the molecule is CC(C)(C)OC(=O)N[C@H](CN=[N+]=[N-])c1ccc(Cl)c(-c2ncnn2C(F)F)c1. The van der Waals surface area contributed by atoms with Gasteiger partial charge in [-0.05, 0) is 44.0 Å². The first kappa shape index (κ1) is 21.4. The van der Waals surface area contributed by atoms with Crippen molar-refractivity contribution >= 4 is 17.7 Å². The van der Waals surface area contributed by atoms with Gasteiger partial charge >= 0.3 is 12.6 Å². The van der Waals surface area contributed by atoms with Gasteiger partial charge in [-0.1, -0.05) is 22.8 Å². The first-order valence-corrected chi connectivity index (χ1v) is 8.48. The summed E-state index contributed by atoms with van der Waals surface area (Å²) in [5.41, 5.74) is 8.54. The van der Waals surface area contributed by atoms with Crippen molar-refractivity contribution < 1.29 is 18.3 Å². The standard InChI is InChI=1S/C16H18ClF2N7O2/c1-16(2,3)28-15(27)24-12(7-22-25-20)9-4-5-11(17)10(6-9)13-21-8-23-26(13)14(18)19/h4-6,8,12,14H,7H2,1-3H3,(H,24,27)/t12-/m1/s1. The van der Waals surface area contributed by atoms with Crippen LogP contribution in [0.15, 0.2) is 29.6 Å². The summed E-state index contributed by atoms with van der Waals surface area (Å²) in [6.45, 7) is 2.07. The summed E-state index contributed by atoms with van der Waals surface area (Å²) in [6, 6.07) is 3.74. The van der Waals surface area contributed by atoms with E-state index in [0.717, 1.165) is 6.33 Å². The fourth-order valence-corrected chi connectivity index (χ4v) is 2.52. The van der Waals surface area contributed by atoms with Gasteiger partial charge in [0, 0.05) is 10.5 Å². The molecule has 0 aliphatic rings. The number of hydrogen-bond acceptors (Lipinski definition) is 5. The van der Waals surface area contributed by atoms with Crippen LogP contribution in [0.1, 0.15) is 38.9 Å². The molecular formula is C16H18ClF2N7O2. The third-order valence-electron chi connectivity index (χ3n) is 3.41. The van der Waals surface area contributed by atoms with Crippen LogP contribution in [0.3, 0.4) is 0 Å². The van der Waals surface area contributed by atoms with E-state index in [2.05, 4.69) is 25.4 Å². The van der Waals surface area contributed by atoms with Gasteiger partial charge in [-0.2, -0.15) is 18.6 Å². The van der Waals surface area contributed by atoms with E-state index in [1.54, 1.807) is 26.8 Å². The molecule has 0 saturated heterocycles. The number of carbonyl (C=O) groups excluding carboxylic acids is 1.